The van der Waals surface area contributed by atoms with Gasteiger partial charge in [-0.05, 0) is 38.8 Å². The first-order chi connectivity index (χ1) is 17.3. The Balaban J connectivity index is 0.000000383. The number of nitrogens with zero attached hydrogens (tertiary/aromatic N) is 3. The lowest BCUT2D eigenvalue weighted by atomic mass is 10.00. The molecule has 5 N–H and O–H groups in total. The van der Waals surface area contributed by atoms with Crippen molar-refractivity contribution in [1.82, 2.24) is 15.1 Å². The standard InChI is InChI=1S/C21H32N6O.C7H6O/c1-21(2)18(22)17(19(23)24-3)14-27(21)20(28)25-16-10-7-11-26(13-16)12-15-8-5-4-6-9-15;8-6-7-4-2-1-3-5-7/h4-6,8-9,16H,7,10-14,22H2,1-3H3,(H2,23,24)(H,25,28);1-6H. The van der Waals surface area contributed by atoms with Crippen molar-refractivity contribution in [3.05, 3.63) is 83.1 Å². The molecule has 1 fully saturated rings. The molecule has 2 aliphatic heterocycles. The van der Waals surface area contributed by atoms with Crippen molar-refractivity contribution in [2.45, 2.75) is 44.8 Å². The molecule has 0 radical (unpaired) electrons. The number of likely N-dealkylation sites (tertiary alicyclic amines) is 1. The number of piperidine rings is 1. The first-order valence-electron chi connectivity index (χ1n) is 12.3. The van der Waals surface area contributed by atoms with Crippen molar-refractivity contribution in [1.29, 1.82) is 0 Å². The molecular weight excluding hydrogens is 452 g/mol. The molecule has 36 heavy (non-hydrogen) atoms. The number of carbonyl (C=O) groups excluding carboxylic acids is 2. The molecule has 2 amide bonds. The molecule has 0 saturated carbocycles. The van der Waals surface area contributed by atoms with Crippen LogP contribution in [0.5, 0.6) is 0 Å². The fraction of sp³-hybridized carbons (Fsp3) is 0.393. The minimum atomic E-state index is -0.590. The van der Waals surface area contributed by atoms with E-state index in [4.69, 9.17) is 11.5 Å². The van der Waals surface area contributed by atoms with Crippen LogP contribution in [-0.4, -0.2) is 66.2 Å². The molecule has 192 valence electrons. The quantitative estimate of drug-likeness (QED) is 0.338. The Hall–Kier alpha value is -3.65. The number of amides is 2. The van der Waals surface area contributed by atoms with E-state index < -0.39 is 5.54 Å². The first kappa shape index (κ1) is 26.9. The third-order valence-corrected chi connectivity index (χ3v) is 6.79. The summed E-state index contributed by atoms with van der Waals surface area (Å²) in [6.45, 7) is 7.08. The smallest absolute Gasteiger partial charge is 0.318 e. The van der Waals surface area contributed by atoms with Crippen LogP contribution < -0.4 is 16.8 Å². The van der Waals surface area contributed by atoms with Crippen LogP contribution in [0.3, 0.4) is 0 Å². The number of hydrogen-bond acceptors (Lipinski definition) is 5. The fourth-order valence-corrected chi connectivity index (χ4v) is 4.58. The molecule has 0 bridgehead atoms. The molecular formula is C28H38N6O2. The molecule has 8 heteroatoms. The molecule has 1 saturated heterocycles. The zero-order valence-electron chi connectivity index (χ0n) is 21.5. The van der Waals surface area contributed by atoms with Gasteiger partial charge in [0, 0.05) is 43.0 Å². The number of benzene rings is 2. The molecule has 2 aliphatic rings. The lowest BCUT2D eigenvalue weighted by Crippen LogP contribution is -2.55. The number of nitrogens with two attached hydrogens (primary N) is 2. The van der Waals surface area contributed by atoms with E-state index in [1.165, 1.54) is 5.56 Å². The third kappa shape index (κ3) is 6.73. The summed E-state index contributed by atoms with van der Waals surface area (Å²) in [6, 6.07) is 19.6. The average Bonchev–Trinajstić information content (AvgIpc) is 3.14. The number of hydrogen-bond donors (Lipinski definition) is 3. The molecule has 2 heterocycles. The lowest BCUT2D eigenvalue weighted by Gasteiger charge is -2.37. The summed E-state index contributed by atoms with van der Waals surface area (Å²) >= 11 is 0. The van der Waals surface area contributed by atoms with Crippen molar-refractivity contribution in [3.8, 4) is 0 Å². The van der Waals surface area contributed by atoms with Crippen LogP contribution in [0.15, 0.2) is 76.9 Å². The van der Waals surface area contributed by atoms with Gasteiger partial charge in [-0.1, -0.05) is 60.7 Å². The Kier molecular flexibility index (Phi) is 9.25. The molecule has 0 aromatic heterocycles. The lowest BCUT2D eigenvalue weighted by molar-refractivity contribution is 0.112. The Morgan fingerprint density at radius 2 is 1.78 bits per heavy atom. The molecule has 0 spiro atoms. The van der Waals surface area contributed by atoms with Crippen LogP contribution >= 0.6 is 0 Å². The van der Waals surface area contributed by atoms with Crippen molar-refractivity contribution < 1.29 is 9.59 Å². The second-order valence-electron chi connectivity index (χ2n) is 9.68. The van der Waals surface area contributed by atoms with Crippen LogP contribution in [0.4, 0.5) is 4.79 Å². The summed E-state index contributed by atoms with van der Waals surface area (Å²) in [6.07, 6.45) is 2.89. The molecule has 2 aromatic rings. The largest absolute Gasteiger partial charge is 0.400 e. The Labute approximate surface area is 214 Å². The molecule has 8 nitrogen and oxygen atoms in total. The van der Waals surface area contributed by atoms with Crippen molar-refractivity contribution in [2.24, 2.45) is 16.5 Å². The van der Waals surface area contributed by atoms with E-state index in [-0.39, 0.29) is 12.1 Å². The summed E-state index contributed by atoms with van der Waals surface area (Å²) in [5.41, 5.74) is 15.1. The Bertz CT molecular complexity index is 1080. The first-order valence-corrected chi connectivity index (χ1v) is 12.3. The van der Waals surface area contributed by atoms with Crippen LogP contribution in [0.2, 0.25) is 0 Å². The van der Waals surface area contributed by atoms with Gasteiger partial charge in [-0.2, -0.15) is 0 Å². The number of amidine groups is 1. The van der Waals surface area contributed by atoms with E-state index in [0.29, 0.717) is 18.1 Å². The van der Waals surface area contributed by atoms with Gasteiger partial charge in [-0.3, -0.25) is 14.7 Å². The van der Waals surface area contributed by atoms with Crippen LogP contribution in [0, 0.1) is 0 Å². The van der Waals surface area contributed by atoms with Gasteiger partial charge in [0.2, 0.25) is 0 Å². The zero-order valence-corrected chi connectivity index (χ0v) is 21.5. The van der Waals surface area contributed by atoms with E-state index in [9.17, 15) is 9.59 Å². The normalized spacial score (nSPS) is 19.9. The number of nitrogens with one attached hydrogen (secondary N) is 1. The highest BCUT2D eigenvalue weighted by Gasteiger charge is 2.42. The van der Waals surface area contributed by atoms with E-state index in [0.717, 1.165) is 49.9 Å². The maximum atomic E-state index is 13.0. The van der Waals surface area contributed by atoms with Crippen molar-refractivity contribution in [3.63, 3.8) is 0 Å². The van der Waals surface area contributed by atoms with Gasteiger partial charge in [-0.15, -0.1) is 0 Å². The Morgan fingerprint density at radius 1 is 1.14 bits per heavy atom. The topological polar surface area (TPSA) is 117 Å². The highest BCUT2D eigenvalue weighted by molar-refractivity contribution is 6.00. The summed E-state index contributed by atoms with van der Waals surface area (Å²) in [5.74, 6) is 0.396. The predicted octanol–water partition coefficient (Wildman–Crippen LogP) is 3.15. The number of aliphatic imine (C=N–C) groups is 1. The van der Waals surface area contributed by atoms with E-state index in [2.05, 4.69) is 39.5 Å². The molecule has 0 aliphatic carbocycles. The molecule has 4 rings (SSSR count). The van der Waals surface area contributed by atoms with Crippen molar-refractivity contribution in [2.75, 3.05) is 26.7 Å². The number of urea groups is 1. The van der Waals surface area contributed by atoms with Crippen LogP contribution in [-0.2, 0) is 6.54 Å². The van der Waals surface area contributed by atoms with Gasteiger partial charge >= 0.3 is 6.03 Å². The minimum absolute atomic E-state index is 0.0987. The minimum Gasteiger partial charge on any atom is -0.400 e. The fourth-order valence-electron chi connectivity index (χ4n) is 4.58. The number of carbonyl (C=O) groups is 2. The number of rotatable bonds is 5. The zero-order chi connectivity index (χ0) is 26.1. The van der Waals surface area contributed by atoms with Gasteiger partial charge in [0.05, 0.1) is 12.1 Å². The SMILES string of the molecule is CN=C(N)C1=C(N)C(C)(C)N(C(=O)NC2CCCN(Cc3ccccc3)C2)C1.O=Cc1ccccc1. The second-order valence-corrected chi connectivity index (χ2v) is 9.68. The Morgan fingerprint density at radius 3 is 2.36 bits per heavy atom. The maximum absolute atomic E-state index is 13.0. The summed E-state index contributed by atoms with van der Waals surface area (Å²) in [7, 11) is 1.63. The highest BCUT2D eigenvalue weighted by atomic mass is 16.2. The van der Waals surface area contributed by atoms with Crippen LogP contribution in [0.25, 0.3) is 0 Å². The molecule has 1 unspecified atom stereocenters. The number of aldehydes is 1. The molecule has 1 atom stereocenters. The van der Waals surface area contributed by atoms with Gasteiger partial charge < -0.3 is 21.7 Å². The van der Waals surface area contributed by atoms with Gasteiger partial charge in [0.15, 0.2) is 0 Å². The third-order valence-electron chi connectivity index (χ3n) is 6.79. The highest BCUT2D eigenvalue weighted by Crippen LogP contribution is 2.31. The molecule has 2 aromatic carbocycles. The maximum Gasteiger partial charge on any atom is 0.318 e. The predicted molar refractivity (Wildman–Crippen MR) is 145 cm³/mol. The van der Waals surface area contributed by atoms with Crippen LogP contribution in [0.1, 0.15) is 42.6 Å². The van der Waals surface area contributed by atoms with E-state index in [1.807, 2.05) is 38.1 Å². The summed E-state index contributed by atoms with van der Waals surface area (Å²) < 4.78 is 0. The van der Waals surface area contributed by atoms with Gasteiger partial charge in [0.25, 0.3) is 0 Å². The summed E-state index contributed by atoms with van der Waals surface area (Å²) in [5, 5.41) is 3.21. The van der Waals surface area contributed by atoms with Crippen molar-refractivity contribution >= 4 is 18.2 Å². The summed E-state index contributed by atoms with van der Waals surface area (Å²) in [4.78, 5) is 31.2. The van der Waals surface area contributed by atoms with E-state index >= 15 is 0 Å². The monoisotopic (exact) mass is 490 g/mol. The average molecular weight is 491 g/mol. The van der Waals surface area contributed by atoms with Gasteiger partial charge in [-0.25, -0.2) is 4.79 Å². The van der Waals surface area contributed by atoms with Gasteiger partial charge in [0.1, 0.15) is 12.1 Å². The van der Waals surface area contributed by atoms with E-state index in [1.54, 1.807) is 24.1 Å². The second kappa shape index (κ2) is 12.4.